The Bertz CT molecular complexity index is 861. The molecule has 0 spiro atoms. The fourth-order valence-corrected chi connectivity index (χ4v) is 3.01. The zero-order valence-electron chi connectivity index (χ0n) is 14.5. The topological polar surface area (TPSA) is 86.5 Å². The van der Waals surface area contributed by atoms with Crippen LogP contribution in [0, 0.1) is 0 Å². The Morgan fingerprint density at radius 3 is 2.69 bits per heavy atom. The van der Waals surface area contributed by atoms with E-state index in [0.29, 0.717) is 36.2 Å². The molecule has 0 saturated carbocycles. The average molecular weight is 373 g/mol. The summed E-state index contributed by atoms with van der Waals surface area (Å²) in [6.45, 7) is 4.86. The van der Waals surface area contributed by atoms with Crippen LogP contribution in [0.25, 0.3) is 11.5 Å². The zero-order valence-corrected chi connectivity index (χ0v) is 15.3. The van der Waals surface area contributed by atoms with Crippen molar-refractivity contribution in [3.8, 4) is 23.0 Å². The number of thiophene rings is 1. The number of nitrogens with one attached hydrogen (secondary N) is 1. The van der Waals surface area contributed by atoms with Crippen molar-refractivity contribution in [2.45, 2.75) is 20.3 Å². The van der Waals surface area contributed by atoms with E-state index in [1.165, 1.54) is 11.3 Å². The molecule has 1 amide bonds. The molecule has 2 aromatic heterocycles. The highest BCUT2D eigenvalue weighted by atomic mass is 32.1. The van der Waals surface area contributed by atoms with Gasteiger partial charge in [-0.05, 0) is 43.5 Å². The summed E-state index contributed by atoms with van der Waals surface area (Å²) in [5.74, 6) is 1.35. The summed E-state index contributed by atoms with van der Waals surface area (Å²) >= 11 is 1.52. The summed E-state index contributed by atoms with van der Waals surface area (Å²) in [7, 11) is 0. The molecule has 8 heteroatoms. The molecule has 1 aromatic carbocycles. The first-order valence-corrected chi connectivity index (χ1v) is 9.13. The maximum atomic E-state index is 12.0. The van der Waals surface area contributed by atoms with E-state index in [9.17, 15) is 4.79 Å². The molecule has 0 bridgehead atoms. The van der Waals surface area contributed by atoms with Crippen molar-refractivity contribution in [3.05, 3.63) is 40.6 Å². The molecule has 0 aliphatic carbocycles. The third-order valence-electron chi connectivity index (χ3n) is 3.38. The van der Waals surface area contributed by atoms with Gasteiger partial charge in [-0.25, -0.2) is 0 Å². The Hall–Kier alpha value is -2.87. The number of amides is 1. The van der Waals surface area contributed by atoms with E-state index >= 15 is 0 Å². The second kappa shape index (κ2) is 8.48. The van der Waals surface area contributed by atoms with Crippen molar-refractivity contribution in [1.29, 1.82) is 0 Å². The minimum Gasteiger partial charge on any atom is -0.490 e. The summed E-state index contributed by atoms with van der Waals surface area (Å²) in [5.41, 5.74) is 0.683. The monoisotopic (exact) mass is 373 g/mol. The van der Waals surface area contributed by atoms with Gasteiger partial charge in [-0.15, -0.1) is 16.4 Å². The maximum absolute atomic E-state index is 12.0. The molecular weight excluding hydrogens is 354 g/mol. The van der Waals surface area contributed by atoms with Gasteiger partial charge < -0.3 is 13.9 Å². The molecule has 0 fully saturated rings. The maximum Gasteiger partial charge on any atom is 0.322 e. The first kappa shape index (κ1) is 17.9. The lowest BCUT2D eigenvalue weighted by atomic mass is 10.2. The van der Waals surface area contributed by atoms with Gasteiger partial charge in [0, 0.05) is 10.4 Å². The number of carbonyl (C=O) groups is 1. The summed E-state index contributed by atoms with van der Waals surface area (Å²) in [4.78, 5) is 13.0. The summed E-state index contributed by atoms with van der Waals surface area (Å²) < 4.78 is 16.7. The SMILES string of the molecule is CCOc1ccc(-c2nnc(NC(=O)Cc3cccs3)o2)cc1OCC. The van der Waals surface area contributed by atoms with Crippen LogP contribution >= 0.6 is 11.3 Å². The smallest absolute Gasteiger partial charge is 0.322 e. The molecule has 0 atom stereocenters. The van der Waals surface area contributed by atoms with Crippen molar-refractivity contribution in [2.24, 2.45) is 0 Å². The standard InChI is InChI=1S/C18H19N3O4S/c1-3-23-14-8-7-12(10-15(14)24-4-2)17-20-21-18(25-17)19-16(22)11-13-6-5-9-26-13/h5-10H,3-4,11H2,1-2H3,(H,19,21,22). The van der Waals surface area contributed by atoms with Gasteiger partial charge in [-0.3, -0.25) is 10.1 Å². The summed E-state index contributed by atoms with van der Waals surface area (Å²) in [6, 6.07) is 9.24. The van der Waals surface area contributed by atoms with E-state index in [-0.39, 0.29) is 18.3 Å². The molecular formula is C18H19N3O4S. The predicted octanol–water partition coefficient (Wildman–Crippen LogP) is 3.78. The van der Waals surface area contributed by atoms with Crippen molar-refractivity contribution < 1.29 is 18.7 Å². The van der Waals surface area contributed by atoms with Gasteiger partial charge in [0.2, 0.25) is 11.8 Å². The summed E-state index contributed by atoms with van der Waals surface area (Å²) in [5, 5.41) is 12.4. The zero-order chi connectivity index (χ0) is 18.4. The Morgan fingerprint density at radius 1 is 1.15 bits per heavy atom. The highest BCUT2D eigenvalue weighted by molar-refractivity contribution is 7.10. The van der Waals surface area contributed by atoms with Crippen LogP contribution in [0.1, 0.15) is 18.7 Å². The van der Waals surface area contributed by atoms with Crippen LogP contribution < -0.4 is 14.8 Å². The fraction of sp³-hybridized carbons (Fsp3) is 0.278. The number of ether oxygens (including phenoxy) is 2. The van der Waals surface area contributed by atoms with Gasteiger partial charge in [-0.2, -0.15) is 0 Å². The number of rotatable bonds is 8. The van der Waals surface area contributed by atoms with Gasteiger partial charge in [-0.1, -0.05) is 11.2 Å². The lowest BCUT2D eigenvalue weighted by Crippen LogP contribution is -2.13. The highest BCUT2D eigenvalue weighted by Gasteiger charge is 2.14. The lowest BCUT2D eigenvalue weighted by molar-refractivity contribution is -0.115. The Labute approximate surface area is 155 Å². The van der Waals surface area contributed by atoms with E-state index in [1.807, 2.05) is 31.4 Å². The quantitative estimate of drug-likeness (QED) is 0.647. The number of nitrogens with zero attached hydrogens (tertiary/aromatic N) is 2. The van der Waals surface area contributed by atoms with Gasteiger partial charge in [0.05, 0.1) is 19.6 Å². The van der Waals surface area contributed by atoms with E-state index in [2.05, 4.69) is 15.5 Å². The first-order valence-electron chi connectivity index (χ1n) is 8.25. The normalized spacial score (nSPS) is 10.5. The van der Waals surface area contributed by atoms with Gasteiger partial charge in [0.1, 0.15) is 0 Å². The molecule has 3 aromatic rings. The highest BCUT2D eigenvalue weighted by Crippen LogP contribution is 2.32. The van der Waals surface area contributed by atoms with E-state index in [0.717, 1.165) is 4.88 Å². The number of aromatic nitrogens is 2. The van der Waals surface area contributed by atoms with Crippen LogP contribution in [-0.4, -0.2) is 29.3 Å². The van der Waals surface area contributed by atoms with Crippen molar-refractivity contribution >= 4 is 23.3 Å². The van der Waals surface area contributed by atoms with E-state index < -0.39 is 0 Å². The summed E-state index contributed by atoms with van der Waals surface area (Å²) in [6.07, 6.45) is 0.271. The fourth-order valence-electron chi connectivity index (χ4n) is 2.31. The molecule has 7 nitrogen and oxygen atoms in total. The molecule has 2 heterocycles. The van der Waals surface area contributed by atoms with E-state index in [1.54, 1.807) is 18.2 Å². The Balaban J connectivity index is 1.72. The second-order valence-corrected chi connectivity index (χ2v) is 6.28. The Morgan fingerprint density at radius 2 is 1.96 bits per heavy atom. The molecule has 136 valence electrons. The number of carbonyl (C=O) groups excluding carboxylic acids is 1. The molecule has 1 N–H and O–H groups in total. The van der Waals surface area contributed by atoms with Crippen molar-refractivity contribution in [2.75, 3.05) is 18.5 Å². The van der Waals surface area contributed by atoms with Gasteiger partial charge >= 0.3 is 6.01 Å². The molecule has 0 aliphatic heterocycles. The Kier molecular flexibility index (Phi) is 5.85. The third kappa shape index (κ3) is 4.40. The largest absolute Gasteiger partial charge is 0.490 e. The minimum atomic E-state index is -0.204. The third-order valence-corrected chi connectivity index (χ3v) is 4.25. The minimum absolute atomic E-state index is 0.0633. The lowest BCUT2D eigenvalue weighted by Gasteiger charge is -2.11. The molecule has 0 radical (unpaired) electrons. The first-order chi connectivity index (χ1) is 12.7. The van der Waals surface area contributed by atoms with Crippen LogP contribution in [0.3, 0.4) is 0 Å². The van der Waals surface area contributed by atoms with Gasteiger partial charge in [0.25, 0.3) is 0 Å². The molecule has 0 saturated heterocycles. The average Bonchev–Trinajstić information content (AvgIpc) is 3.29. The number of hydrogen-bond donors (Lipinski definition) is 1. The van der Waals surface area contributed by atoms with E-state index in [4.69, 9.17) is 13.9 Å². The van der Waals surface area contributed by atoms with Crippen LogP contribution in [-0.2, 0) is 11.2 Å². The van der Waals surface area contributed by atoms with Crippen molar-refractivity contribution in [3.63, 3.8) is 0 Å². The number of benzene rings is 1. The van der Waals surface area contributed by atoms with Crippen LogP contribution in [0.2, 0.25) is 0 Å². The predicted molar refractivity (Wildman–Crippen MR) is 98.7 cm³/mol. The number of hydrogen-bond acceptors (Lipinski definition) is 7. The van der Waals surface area contributed by atoms with Crippen LogP contribution in [0.5, 0.6) is 11.5 Å². The molecule has 0 unspecified atom stereocenters. The second-order valence-electron chi connectivity index (χ2n) is 5.24. The molecule has 3 rings (SSSR count). The number of anilines is 1. The van der Waals surface area contributed by atoms with Crippen LogP contribution in [0.15, 0.2) is 40.1 Å². The molecule has 26 heavy (non-hydrogen) atoms. The van der Waals surface area contributed by atoms with Crippen LogP contribution in [0.4, 0.5) is 6.01 Å². The molecule has 0 aliphatic rings. The van der Waals surface area contributed by atoms with Crippen molar-refractivity contribution in [1.82, 2.24) is 10.2 Å². The van der Waals surface area contributed by atoms with Gasteiger partial charge in [0.15, 0.2) is 11.5 Å².